The minimum atomic E-state index is -3.63. The topological polar surface area (TPSA) is 132 Å². The maximum absolute atomic E-state index is 14.1. The number of nitrogens with one attached hydrogen (secondary N) is 1. The lowest BCUT2D eigenvalue weighted by Gasteiger charge is -2.22. The average molecular weight is 591 g/mol. The van der Waals surface area contributed by atoms with Gasteiger partial charge in [0.2, 0.25) is 16.0 Å². The lowest BCUT2D eigenvalue weighted by atomic mass is 10.1. The highest BCUT2D eigenvalue weighted by atomic mass is 32.2. The van der Waals surface area contributed by atoms with Crippen LogP contribution in [0.1, 0.15) is 39.5 Å². The van der Waals surface area contributed by atoms with Crippen LogP contribution in [0.4, 0.5) is 27.4 Å². The molecule has 0 radical (unpaired) electrons. The molecule has 2 aliphatic rings. The van der Waals surface area contributed by atoms with Crippen molar-refractivity contribution in [2.45, 2.75) is 32.6 Å². The van der Waals surface area contributed by atoms with Gasteiger partial charge in [-0.1, -0.05) is 6.07 Å². The molecule has 0 saturated carbocycles. The normalized spacial score (nSPS) is 15.0. The van der Waals surface area contributed by atoms with Crippen molar-refractivity contribution in [3.05, 3.63) is 100 Å². The molecule has 13 heteroatoms. The average Bonchev–Trinajstić information content (AvgIpc) is 3.14. The number of benzene rings is 1. The molecule has 216 valence electrons. The summed E-state index contributed by atoms with van der Waals surface area (Å²) in [5, 5.41) is 14.2. The minimum absolute atomic E-state index is 0.100. The van der Waals surface area contributed by atoms with Crippen molar-refractivity contribution >= 4 is 38.9 Å². The molecule has 1 amide bonds. The Labute approximate surface area is 241 Å². The smallest absolute Gasteiger partial charge is 0.259 e. The first-order valence-corrected chi connectivity index (χ1v) is 14.9. The number of amides is 1. The Balaban J connectivity index is 1.20. The number of sulfonamides is 1. The van der Waals surface area contributed by atoms with Gasteiger partial charge in [-0.15, -0.1) is 0 Å². The van der Waals surface area contributed by atoms with Crippen molar-refractivity contribution < 1.29 is 27.1 Å². The van der Waals surface area contributed by atoms with Crippen LogP contribution in [0.2, 0.25) is 0 Å². The Morgan fingerprint density at radius 2 is 1.93 bits per heavy atom. The molecule has 0 atom stereocenters. The van der Waals surface area contributed by atoms with Gasteiger partial charge in [-0.05, 0) is 54.8 Å². The number of aromatic nitrogens is 3. The van der Waals surface area contributed by atoms with Crippen LogP contribution >= 0.6 is 0 Å². The largest absolute Gasteiger partial charge is 0.619 e. The summed E-state index contributed by atoms with van der Waals surface area (Å²) < 4.78 is 48.2. The van der Waals surface area contributed by atoms with Crippen molar-refractivity contribution in [2.75, 3.05) is 27.7 Å². The zero-order chi connectivity index (χ0) is 29.6. The number of aryl methyl sites for hydroxylation is 1. The quantitative estimate of drug-likeness (QED) is 0.196. The zero-order valence-corrected chi connectivity index (χ0v) is 23.7. The summed E-state index contributed by atoms with van der Waals surface area (Å²) in [7, 11) is -3.63. The van der Waals surface area contributed by atoms with Gasteiger partial charge in [-0.2, -0.15) is 14.1 Å². The summed E-state index contributed by atoms with van der Waals surface area (Å²) in [6, 6.07) is 11.4. The number of fused-ring (bicyclic) bond motifs is 3. The van der Waals surface area contributed by atoms with Crippen LogP contribution in [0.5, 0.6) is 5.75 Å². The fourth-order valence-electron chi connectivity index (χ4n) is 5.22. The van der Waals surface area contributed by atoms with Crippen LogP contribution in [0, 0.1) is 18.1 Å². The molecule has 11 nitrogen and oxygen atoms in total. The molecule has 6 rings (SSSR count). The molecule has 0 fully saturated rings. The lowest BCUT2D eigenvalue weighted by Crippen LogP contribution is -2.28. The van der Waals surface area contributed by atoms with Crippen molar-refractivity contribution in [1.29, 1.82) is 0 Å². The van der Waals surface area contributed by atoms with Gasteiger partial charge < -0.3 is 20.2 Å². The highest BCUT2D eigenvalue weighted by Gasteiger charge is 2.35. The molecule has 0 bridgehead atoms. The van der Waals surface area contributed by atoms with E-state index in [9.17, 15) is 22.8 Å². The van der Waals surface area contributed by atoms with Gasteiger partial charge in [0.15, 0.2) is 18.2 Å². The first-order valence-electron chi connectivity index (χ1n) is 13.3. The second-order valence-electron chi connectivity index (χ2n) is 10.1. The van der Waals surface area contributed by atoms with Crippen molar-refractivity contribution in [2.24, 2.45) is 0 Å². The maximum atomic E-state index is 14.1. The van der Waals surface area contributed by atoms with Gasteiger partial charge in [-0.25, -0.2) is 13.4 Å². The van der Waals surface area contributed by atoms with E-state index in [0.29, 0.717) is 68.7 Å². The van der Waals surface area contributed by atoms with Crippen molar-refractivity contribution in [1.82, 2.24) is 9.97 Å². The van der Waals surface area contributed by atoms with Crippen molar-refractivity contribution in [3.8, 4) is 5.75 Å². The molecular weight excluding hydrogens is 563 g/mol. The second-order valence-corrected chi connectivity index (χ2v) is 11.9. The van der Waals surface area contributed by atoms with Crippen LogP contribution in [-0.4, -0.2) is 37.4 Å². The summed E-state index contributed by atoms with van der Waals surface area (Å²) in [6.07, 6.45) is 4.70. The highest BCUT2D eigenvalue weighted by molar-refractivity contribution is 7.92. The summed E-state index contributed by atoms with van der Waals surface area (Å²) >= 11 is 0. The molecule has 0 saturated heterocycles. The fourth-order valence-corrected chi connectivity index (χ4v) is 6.85. The van der Waals surface area contributed by atoms with Crippen LogP contribution in [0.15, 0.2) is 61.1 Å². The molecule has 0 aliphatic carbocycles. The van der Waals surface area contributed by atoms with Crippen LogP contribution in [0.3, 0.4) is 0 Å². The Morgan fingerprint density at radius 3 is 2.69 bits per heavy atom. The SMILES string of the molecule is CCN1c2ncc(CCOc3cccc4c3CS(=O)(=O)N4Cc3cc[n+]([O-])cc3)cc2C(=O)Nc2c(C)cc(F)nc21. The minimum Gasteiger partial charge on any atom is -0.619 e. The first kappa shape index (κ1) is 27.4. The summed E-state index contributed by atoms with van der Waals surface area (Å²) in [6.45, 7) is 4.31. The molecule has 42 heavy (non-hydrogen) atoms. The van der Waals surface area contributed by atoms with Crippen LogP contribution in [0.25, 0.3) is 0 Å². The molecule has 3 aromatic heterocycles. The number of ether oxygens (including phenoxy) is 1. The summed E-state index contributed by atoms with van der Waals surface area (Å²) in [5.41, 5.74) is 3.86. The molecule has 4 aromatic rings. The Hall–Kier alpha value is -4.78. The van der Waals surface area contributed by atoms with Gasteiger partial charge in [0.25, 0.3) is 5.91 Å². The van der Waals surface area contributed by atoms with Gasteiger partial charge in [0, 0.05) is 36.9 Å². The Morgan fingerprint density at radius 1 is 1.14 bits per heavy atom. The Bertz CT molecular complexity index is 1820. The van der Waals surface area contributed by atoms with Crippen LogP contribution in [-0.2, 0) is 28.7 Å². The molecule has 0 spiro atoms. The summed E-state index contributed by atoms with van der Waals surface area (Å²) in [4.78, 5) is 23.4. The number of hydrogen-bond acceptors (Lipinski definition) is 8. The molecule has 2 aliphatic heterocycles. The van der Waals surface area contributed by atoms with E-state index in [1.54, 1.807) is 54.4 Å². The number of anilines is 4. The van der Waals surface area contributed by atoms with E-state index in [1.807, 2.05) is 6.92 Å². The van der Waals surface area contributed by atoms with E-state index >= 15 is 0 Å². The van der Waals surface area contributed by atoms with Gasteiger partial charge >= 0.3 is 0 Å². The number of carbonyl (C=O) groups excluding carboxylic acids is 1. The standard InChI is InChI=1S/C29H27FN6O5S/c1-3-35-27-21(29(37)33-26-18(2)13-25(30)32-28(26)35)14-20(15-31-27)9-12-41-24-6-4-5-23-22(24)17-42(39,40)36(23)16-19-7-10-34(38)11-8-19/h4-8,10-11,13-15H,3,9,12,16-17H2,1-2H3,(H,33,37). The first-order chi connectivity index (χ1) is 20.1. The Kier molecular flexibility index (Phi) is 6.89. The van der Waals surface area contributed by atoms with E-state index in [1.165, 1.54) is 22.8 Å². The van der Waals surface area contributed by atoms with Gasteiger partial charge in [-0.3, -0.25) is 9.10 Å². The number of halogens is 1. The monoisotopic (exact) mass is 590 g/mol. The number of rotatable bonds is 7. The zero-order valence-electron chi connectivity index (χ0n) is 22.9. The molecule has 0 unspecified atom stereocenters. The van der Waals surface area contributed by atoms with E-state index < -0.39 is 16.0 Å². The summed E-state index contributed by atoms with van der Waals surface area (Å²) in [5.74, 6) is -0.0742. The predicted octanol–water partition coefficient (Wildman–Crippen LogP) is 3.75. The number of nitrogens with zero attached hydrogens (tertiary/aromatic N) is 5. The number of carbonyl (C=O) groups is 1. The number of pyridine rings is 3. The third kappa shape index (κ3) is 4.96. The second kappa shape index (κ2) is 10.6. The van der Waals surface area contributed by atoms with E-state index in [-0.39, 0.29) is 24.8 Å². The van der Waals surface area contributed by atoms with Gasteiger partial charge in [0.1, 0.15) is 17.3 Å². The predicted molar refractivity (Wildman–Crippen MR) is 154 cm³/mol. The van der Waals surface area contributed by atoms with E-state index in [0.717, 1.165) is 5.56 Å². The third-order valence-corrected chi connectivity index (χ3v) is 8.94. The van der Waals surface area contributed by atoms with E-state index in [2.05, 4.69) is 15.3 Å². The van der Waals surface area contributed by atoms with E-state index in [4.69, 9.17) is 4.74 Å². The third-order valence-electron chi connectivity index (χ3n) is 7.29. The van der Waals surface area contributed by atoms with Crippen LogP contribution < -0.4 is 24.0 Å². The fraction of sp³-hybridized carbons (Fsp3) is 0.241. The molecule has 1 aromatic carbocycles. The molecular formula is C29H27FN6O5S. The molecule has 5 heterocycles. The maximum Gasteiger partial charge on any atom is 0.259 e. The highest BCUT2D eigenvalue weighted by Crippen LogP contribution is 2.41. The van der Waals surface area contributed by atoms with Gasteiger partial charge in [0.05, 0.1) is 30.1 Å². The number of hydrogen-bond donors (Lipinski definition) is 1. The van der Waals surface area contributed by atoms with Crippen molar-refractivity contribution in [3.63, 3.8) is 0 Å². The molecule has 1 N–H and O–H groups in total. The lowest BCUT2D eigenvalue weighted by molar-refractivity contribution is -0.605.